The number of halogens is 1. The summed E-state index contributed by atoms with van der Waals surface area (Å²) in [5, 5.41) is 0. The number of carbonyl (C=O) groups is 1. The van der Waals surface area contributed by atoms with Gasteiger partial charge in [-0.15, -0.1) is 0 Å². The van der Waals surface area contributed by atoms with Gasteiger partial charge in [-0.05, 0) is 46.9 Å². The first kappa shape index (κ1) is 10.7. The Bertz CT molecular complexity index is 377. The molecule has 0 heterocycles. The van der Waals surface area contributed by atoms with Crippen molar-refractivity contribution in [1.82, 2.24) is 0 Å². The van der Waals surface area contributed by atoms with Crippen molar-refractivity contribution < 1.29 is 9.53 Å². The van der Waals surface area contributed by atoms with E-state index < -0.39 is 6.09 Å². The predicted octanol–water partition coefficient (Wildman–Crippen LogP) is 3.09. The van der Waals surface area contributed by atoms with Crippen molar-refractivity contribution in [3.8, 4) is 0 Å². The molecule has 1 atom stereocenters. The van der Waals surface area contributed by atoms with Gasteiger partial charge in [-0.3, -0.25) is 0 Å². The zero-order valence-corrected chi connectivity index (χ0v) is 10.3. The fraction of sp³-hybridized carbons (Fsp3) is 0.364. The van der Waals surface area contributed by atoms with Crippen LogP contribution in [0.25, 0.3) is 0 Å². The summed E-state index contributed by atoms with van der Waals surface area (Å²) < 4.78 is 4.70. The summed E-state index contributed by atoms with van der Waals surface area (Å²) in [7, 11) is 0. The summed E-state index contributed by atoms with van der Waals surface area (Å²) in [6, 6.07) is 8.07. The third-order valence-electron chi connectivity index (χ3n) is 2.48. The number of primary amides is 1. The SMILES string of the molecule is NC(=O)O[C@H](I)c1ccccc1C1CC1. The first-order chi connectivity index (χ1) is 7.18. The van der Waals surface area contributed by atoms with Crippen LogP contribution in [0.15, 0.2) is 24.3 Å². The van der Waals surface area contributed by atoms with Gasteiger partial charge < -0.3 is 10.5 Å². The Morgan fingerprint density at radius 2 is 2.13 bits per heavy atom. The van der Waals surface area contributed by atoms with Crippen LogP contribution in [0, 0.1) is 0 Å². The van der Waals surface area contributed by atoms with Gasteiger partial charge in [-0.1, -0.05) is 24.3 Å². The highest BCUT2D eigenvalue weighted by atomic mass is 127. The fourth-order valence-electron chi connectivity index (χ4n) is 1.65. The van der Waals surface area contributed by atoms with Crippen molar-refractivity contribution in [2.24, 2.45) is 5.73 Å². The average Bonchev–Trinajstić information content (AvgIpc) is 3.00. The van der Waals surface area contributed by atoms with E-state index in [2.05, 4.69) is 28.7 Å². The molecule has 2 N–H and O–H groups in total. The zero-order valence-electron chi connectivity index (χ0n) is 8.15. The Morgan fingerprint density at radius 3 is 2.73 bits per heavy atom. The zero-order chi connectivity index (χ0) is 10.8. The molecule has 3 nitrogen and oxygen atoms in total. The average molecular weight is 317 g/mol. The Hall–Kier alpha value is -0.780. The van der Waals surface area contributed by atoms with Crippen LogP contribution in [-0.4, -0.2) is 6.09 Å². The third-order valence-corrected chi connectivity index (χ3v) is 3.40. The summed E-state index contributed by atoms with van der Waals surface area (Å²) in [5.74, 6) is 0.648. The molecule has 0 aliphatic heterocycles. The molecule has 1 saturated carbocycles. The van der Waals surface area contributed by atoms with Crippen LogP contribution in [0.4, 0.5) is 4.79 Å². The van der Waals surface area contributed by atoms with Crippen LogP contribution < -0.4 is 5.73 Å². The van der Waals surface area contributed by atoms with Crippen molar-refractivity contribution in [1.29, 1.82) is 0 Å². The second kappa shape index (κ2) is 4.38. The lowest BCUT2D eigenvalue weighted by Crippen LogP contribution is -2.14. The molecule has 15 heavy (non-hydrogen) atoms. The van der Waals surface area contributed by atoms with E-state index in [1.165, 1.54) is 18.4 Å². The monoisotopic (exact) mass is 317 g/mol. The number of rotatable bonds is 3. The topological polar surface area (TPSA) is 52.3 Å². The molecule has 0 radical (unpaired) electrons. The Labute approximate surface area is 102 Å². The van der Waals surface area contributed by atoms with Crippen molar-refractivity contribution in [2.75, 3.05) is 0 Å². The second-order valence-electron chi connectivity index (χ2n) is 3.66. The number of ether oxygens (including phenoxy) is 1. The van der Waals surface area contributed by atoms with Gasteiger partial charge in [0, 0.05) is 5.56 Å². The summed E-state index contributed by atoms with van der Waals surface area (Å²) in [4.78, 5) is 10.7. The highest BCUT2D eigenvalue weighted by Gasteiger charge is 2.28. The maximum absolute atomic E-state index is 10.7. The number of carbonyl (C=O) groups excluding carboxylic acids is 1. The molecular weight excluding hydrogens is 305 g/mol. The highest BCUT2D eigenvalue weighted by Crippen LogP contribution is 2.44. The molecule has 0 aromatic heterocycles. The Morgan fingerprint density at radius 1 is 1.47 bits per heavy atom. The fourth-order valence-corrected chi connectivity index (χ4v) is 2.47. The number of hydrogen-bond donors (Lipinski definition) is 1. The minimum absolute atomic E-state index is 0.281. The van der Waals surface area contributed by atoms with Gasteiger partial charge in [-0.25, -0.2) is 4.79 Å². The quantitative estimate of drug-likeness (QED) is 0.688. The van der Waals surface area contributed by atoms with Gasteiger partial charge in [-0.2, -0.15) is 0 Å². The van der Waals surface area contributed by atoms with Crippen LogP contribution in [-0.2, 0) is 4.74 Å². The summed E-state index contributed by atoms with van der Waals surface area (Å²) in [6.45, 7) is 0. The van der Waals surface area contributed by atoms with Crippen molar-refractivity contribution >= 4 is 28.7 Å². The number of hydrogen-bond acceptors (Lipinski definition) is 2. The number of amides is 1. The van der Waals surface area contributed by atoms with E-state index in [-0.39, 0.29) is 4.11 Å². The van der Waals surface area contributed by atoms with Gasteiger partial charge in [0.2, 0.25) is 0 Å². The van der Waals surface area contributed by atoms with E-state index in [9.17, 15) is 4.79 Å². The van der Waals surface area contributed by atoms with E-state index in [1.54, 1.807) is 0 Å². The van der Waals surface area contributed by atoms with E-state index in [1.807, 2.05) is 18.2 Å². The van der Waals surface area contributed by atoms with Crippen LogP contribution in [0.3, 0.4) is 0 Å². The first-order valence-corrected chi connectivity index (χ1v) is 6.12. The van der Waals surface area contributed by atoms with Gasteiger partial charge in [0.15, 0.2) is 4.11 Å². The Kier molecular flexibility index (Phi) is 3.14. The first-order valence-electron chi connectivity index (χ1n) is 4.87. The largest absolute Gasteiger partial charge is 0.431 e. The van der Waals surface area contributed by atoms with E-state index in [4.69, 9.17) is 10.5 Å². The maximum atomic E-state index is 10.7. The maximum Gasteiger partial charge on any atom is 0.405 e. The van der Waals surface area contributed by atoms with Gasteiger partial charge in [0.25, 0.3) is 0 Å². The molecule has 2 rings (SSSR count). The minimum Gasteiger partial charge on any atom is -0.431 e. The number of benzene rings is 1. The van der Waals surface area contributed by atoms with Gasteiger partial charge in [0.05, 0.1) is 0 Å². The summed E-state index contributed by atoms with van der Waals surface area (Å²) >= 11 is 2.09. The molecule has 1 aromatic rings. The predicted molar refractivity (Wildman–Crippen MR) is 65.8 cm³/mol. The molecule has 0 saturated heterocycles. The molecule has 1 amide bonds. The molecule has 0 unspecified atom stereocenters. The van der Waals surface area contributed by atoms with Crippen LogP contribution >= 0.6 is 22.6 Å². The van der Waals surface area contributed by atoms with Gasteiger partial charge >= 0.3 is 6.09 Å². The smallest absolute Gasteiger partial charge is 0.405 e. The summed E-state index contributed by atoms with van der Waals surface area (Å²) in [6.07, 6.45) is 1.74. The molecule has 1 aliphatic carbocycles. The standard InChI is InChI=1S/C11H12INO2/c12-10(15-11(13)14)9-4-2-1-3-8(9)7-5-6-7/h1-4,7,10H,5-6H2,(H2,13,14)/t10-/m0/s1. The molecule has 0 spiro atoms. The number of nitrogens with two attached hydrogens (primary N) is 1. The molecular formula is C11H12INO2. The van der Waals surface area contributed by atoms with E-state index >= 15 is 0 Å². The van der Waals surface area contributed by atoms with Crippen molar-refractivity contribution in [3.63, 3.8) is 0 Å². The molecule has 1 aromatic carbocycles. The molecule has 4 heteroatoms. The van der Waals surface area contributed by atoms with Crippen LogP contribution in [0.2, 0.25) is 0 Å². The normalized spacial score (nSPS) is 17.1. The third kappa shape index (κ3) is 2.62. The lowest BCUT2D eigenvalue weighted by atomic mass is 10.0. The highest BCUT2D eigenvalue weighted by molar-refractivity contribution is 14.1. The lowest BCUT2D eigenvalue weighted by molar-refractivity contribution is 0.151. The van der Waals surface area contributed by atoms with Crippen molar-refractivity contribution in [2.45, 2.75) is 22.9 Å². The Balaban J connectivity index is 2.21. The second-order valence-corrected chi connectivity index (χ2v) is 4.79. The van der Waals surface area contributed by atoms with Crippen LogP contribution in [0.1, 0.15) is 34.0 Å². The summed E-state index contributed by atoms with van der Waals surface area (Å²) in [5.41, 5.74) is 7.37. The molecule has 80 valence electrons. The number of alkyl halides is 1. The molecule has 1 fully saturated rings. The lowest BCUT2D eigenvalue weighted by Gasteiger charge is -2.14. The van der Waals surface area contributed by atoms with Gasteiger partial charge in [0.1, 0.15) is 0 Å². The van der Waals surface area contributed by atoms with Crippen molar-refractivity contribution in [3.05, 3.63) is 35.4 Å². The van der Waals surface area contributed by atoms with E-state index in [0.717, 1.165) is 5.56 Å². The van der Waals surface area contributed by atoms with E-state index in [0.29, 0.717) is 5.92 Å². The minimum atomic E-state index is -0.722. The van der Waals surface area contributed by atoms with Crippen LogP contribution in [0.5, 0.6) is 0 Å². The molecule has 0 bridgehead atoms. The molecule has 1 aliphatic rings.